The Morgan fingerprint density at radius 1 is 1.28 bits per heavy atom. The zero-order valence-electron chi connectivity index (χ0n) is 11.9. The summed E-state index contributed by atoms with van der Waals surface area (Å²) in [4.78, 5) is 25.5. The Morgan fingerprint density at radius 2 is 1.83 bits per heavy atom. The lowest BCUT2D eigenvalue weighted by molar-refractivity contribution is -0.150. The van der Waals surface area contributed by atoms with Crippen LogP contribution in [0.2, 0.25) is 0 Å². The standard InChI is InChI=1S/C14H23NO3/c1-7-8-9-12(16)11(10-15(5)6)13(17)18-14(2,3)4/h7,10H,1,8-9H2,2-6H3. The fraction of sp³-hybridized carbons (Fsp3) is 0.571. The summed E-state index contributed by atoms with van der Waals surface area (Å²) in [7, 11) is 3.51. The van der Waals surface area contributed by atoms with E-state index in [1.54, 1.807) is 45.8 Å². The molecule has 4 nitrogen and oxygen atoms in total. The molecule has 0 aromatic heterocycles. The van der Waals surface area contributed by atoms with Gasteiger partial charge < -0.3 is 9.64 Å². The highest BCUT2D eigenvalue weighted by Gasteiger charge is 2.24. The van der Waals surface area contributed by atoms with E-state index in [9.17, 15) is 9.59 Å². The summed E-state index contributed by atoms with van der Waals surface area (Å²) in [6, 6.07) is 0. The van der Waals surface area contributed by atoms with Gasteiger partial charge in [-0.15, -0.1) is 6.58 Å². The lowest BCUT2D eigenvalue weighted by Gasteiger charge is -2.20. The molecule has 0 saturated carbocycles. The van der Waals surface area contributed by atoms with Crippen molar-refractivity contribution in [2.75, 3.05) is 14.1 Å². The Kier molecular flexibility index (Phi) is 6.37. The van der Waals surface area contributed by atoms with Gasteiger partial charge in [-0.1, -0.05) is 6.08 Å². The number of carbonyl (C=O) groups is 2. The van der Waals surface area contributed by atoms with Crippen molar-refractivity contribution in [3.8, 4) is 0 Å². The van der Waals surface area contributed by atoms with Crippen molar-refractivity contribution in [1.29, 1.82) is 0 Å². The zero-order chi connectivity index (χ0) is 14.3. The van der Waals surface area contributed by atoms with Gasteiger partial charge in [0.15, 0.2) is 5.78 Å². The fourth-order valence-corrected chi connectivity index (χ4v) is 1.20. The number of rotatable bonds is 6. The minimum Gasteiger partial charge on any atom is -0.456 e. The molecule has 0 fully saturated rings. The third-order valence-electron chi connectivity index (χ3n) is 1.88. The first kappa shape index (κ1) is 16.4. The summed E-state index contributed by atoms with van der Waals surface area (Å²) in [5, 5.41) is 0. The van der Waals surface area contributed by atoms with E-state index in [-0.39, 0.29) is 17.8 Å². The van der Waals surface area contributed by atoms with Crippen LogP contribution in [0.1, 0.15) is 33.6 Å². The molecule has 0 aromatic rings. The quantitative estimate of drug-likeness (QED) is 0.239. The highest BCUT2D eigenvalue weighted by atomic mass is 16.6. The molecular weight excluding hydrogens is 230 g/mol. The summed E-state index contributed by atoms with van der Waals surface area (Å²) in [6.45, 7) is 8.87. The van der Waals surface area contributed by atoms with Crippen molar-refractivity contribution in [2.24, 2.45) is 0 Å². The molecule has 0 heterocycles. The van der Waals surface area contributed by atoms with Gasteiger partial charge in [0.25, 0.3) is 0 Å². The number of carbonyl (C=O) groups excluding carboxylic acids is 2. The van der Waals surface area contributed by atoms with Crippen molar-refractivity contribution in [3.05, 3.63) is 24.4 Å². The minimum atomic E-state index is -0.610. The Labute approximate surface area is 109 Å². The van der Waals surface area contributed by atoms with Crippen LogP contribution in [-0.4, -0.2) is 36.3 Å². The zero-order valence-corrected chi connectivity index (χ0v) is 11.9. The van der Waals surface area contributed by atoms with Crippen LogP contribution in [0.25, 0.3) is 0 Å². The molecule has 0 aliphatic rings. The highest BCUT2D eigenvalue weighted by molar-refractivity contribution is 6.17. The third kappa shape index (κ3) is 6.89. The summed E-state index contributed by atoms with van der Waals surface area (Å²) in [5.74, 6) is -0.803. The summed E-state index contributed by atoms with van der Waals surface area (Å²) >= 11 is 0. The lowest BCUT2D eigenvalue weighted by atomic mass is 10.1. The molecule has 0 aromatic carbocycles. The smallest absolute Gasteiger partial charge is 0.343 e. The van der Waals surface area contributed by atoms with E-state index in [4.69, 9.17) is 4.74 Å². The number of hydrogen-bond acceptors (Lipinski definition) is 4. The number of allylic oxidation sites excluding steroid dienone is 1. The third-order valence-corrected chi connectivity index (χ3v) is 1.88. The first-order chi connectivity index (χ1) is 8.17. The topological polar surface area (TPSA) is 46.6 Å². The highest BCUT2D eigenvalue weighted by Crippen LogP contribution is 2.13. The molecule has 0 aliphatic carbocycles. The maximum absolute atomic E-state index is 11.9. The van der Waals surface area contributed by atoms with Gasteiger partial charge >= 0.3 is 5.97 Å². The lowest BCUT2D eigenvalue weighted by Crippen LogP contribution is -2.28. The molecule has 102 valence electrons. The number of ether oxygens (including phenoxy) is 1. The van der Waals surface area contributed by atoms with Crippen molar-refractivity contribution in [2.45, 2.75) is 39.2 Å². The minimum absolute atomic E-state index is 0.0803. The van der Waals surface area contributed by atoms with Crippen molar-refractivity contribution in [3.63, 3.8) is 0 Å². The Balaban J connectivity index is 4.95. The first-order valence-corrected chi connectivity index (χ1v) is 5.93. The number of nitrogens with zero attached hydrogens (tertiary/aromatic N) is 1. The van der Waals surface area contributed by atoms with Gasteiger partial charge in [0, 0.05) is 26.7 Å². The van der Waals surface area contributed by atoms with Crippen LogP contribution < -0.4 is 0 Å². The Morgan fingerprint density at radius 3 is 2.22 bits per heavy atom. The summed E-state index contributed by atoms with van der Waals surface area (Å²) in [6.07, 6.45) is 3.97. The van der Waals surface area contributed by atoms with E-state index in [1.807, 2.05) is 0 Å². The van der Waals surface area contributed by atoms with Crippen LogP contribution in [-0.2, 0) is 14.3 Å². The van der Waals surface area contributed by atoms with Gasteiger partial charge in [-0.2, -0.15) is 0 Å². The Hall–Kier alpha value is -1.58. The molecule has 18 heavy (non-hydrogen) atoms. The normalized spacial score (nSPS) is 11.9. The van der Waals surface area contributed by atoms with Crippen LogP contribution in [0, 0.1) is 0 Å². The van der Waals surface area contributed by atoms with Crippen molar-refractivity contribution in [1.82, 2.24) is 4.90 Å². The summed E-state index contributed by atoms with van der Waals surface area (Å²) < 4.78 is 5.22. The van der Waals surface area contributed by atoms with Crippen molar-refractivity contribution < 1.29 is 14.3 Å². The van der Waals surface area contributed by atoms with Gasteiger partial charge in [0.1, 0.15) is 11.2 Å². The van der Waals surface area contributed by atoms with Crippen LogP contribution in [0.5, 0.6) is 0 Å². The number of hydrogen-bond donors (Lipinski definition) is 0. The molecule has 0 N–H and O–H groups in total. The van der Waals surface area contributed by atoms with Gasteiger partial charge in [0.05, 0.1) is 0 Å². The van der Waals surface area contributed by atoms with Crippen LogP contribution in [0.3, 0.4) is 0 Å². The molecule has 0 saturated heterocycles. The number of ketones is 1. The molecular formula is C14H23NO3. The number of Topliss-reactive ketones (excluding diaryl/α,β-unsaturated/α-hetero) is 1. The van der Waals surface area contributed by atoms with E-state index in [0.717, 1.165) is 0 Å². The largest absolute Gasteiger partial charge is 0.456 e. The first-order valence-electron chi connectivity index (χ1n) is 5.93. The molecule has 0 bridgehead atoms. The van der Waals surface area contributed by atoms with E-state index >= 15 is 0 Å². The second-order valence-electron chi connectivity index (χ2n) is 5.26. The van der Waals surface area contributed by atoms with E-state index in [0.29, 0.717) is 6.42 Å². The fourth-order valence-electron chi connectivity index (χ4n) is 1.20. The molecule has 0 amide bonds. The molecule has 0 unspecified atom stereocenters. The molecule has 0 spiro atoms. The van der Waals surface area contributed by atoms with E-state index < -0.39 is 11.6 Å². The summed E-state index contributed by atoms with van der Waals surface area (Å²) in [5.41, 5.74) is -0.530. The molecule has 0 atom stereocenters. The van der Waals surface area contributed by atoms with Crippen molar-refractivity contribution >= 4 is 11.8 Å². The van der Waals surface area contributed by atoms with E-state index in [1.165, 1.54) is 6.20 Å². The van der Waals surface area contributed by atoms with Crippen LogP contribution >= 0.6 is 0 Å². The van der Waals surface area contributed by atoms with Gasteiger partial charge in [-0.25, -0.2) is 4.79 Å². The second-order valence-corrected chi connectivity index (χ2v) is 5.26. The maximum atomic E-state index is 11.9. The maximum Gasteiger partial charge on any atom is 0.343 e. The van der Waals surface area contributed by atoms with Gasteiger partial charge in [0.2, 0.25) is 0 Å². The predicted octanol–water partition coefficient (Wildman–Crippen LogP) is 2.31. The number of esters is 1. The average molecular weight is 253 g/mol. The van der Waals surface area contributed by atoms with Crippen LogP contribution in [0.4, 0.5) is 0 Å². The van der Waals surface area contributed by atoms with Gasteiger partial charge in [-0.3, -0.25) is 4.79 Å². The SMILES string of the molecule is C=CCCC(=O)C(=CN(C)C)C(=O)OC(C)(C)C. The molecule has 0 radical (unpaired) electrons. The van der Waals surface area contributed by atoms with E-state index in [2.05, 4.69) is 6.58 Å². The Bertz CT molecular complexity index is 349. The predicted molar refractivity (Wildman–Crippen MR) is 72.1 cm³/mol. The van der Waals surface area contributed by atoms with Gasteiger partial charge in [-0.05, 0) is 27.2 Å². The second kappa shape index (κ2) is 6.99. The molecule has 4 heteroatoms. The van der Waals surface area contributed by atoms with Crippen LogP contribution in [0.15, 0.2) is 24.4 Å². The monoisotopic (exact) mass is 253 g/mol. The molecule has 0 aliphatic heterocycles. The molecule has 0 rings (SSSR count). The average Bonchev–Trinajstić information content (AvgIpc) is 2.19.